The summed E-state index contributed by atoms with van der Waals surface area (Å²) in [6.07, 6.45) is 0.685. The van der Waals surface area contributed by atoms with Crippen LogP contribution in [0.2, 0.25) is 0 Å². The van der Waals surface area contributed by atoms with Crippen LogP contribution in [-0.4, -0.2) is 16.3 Å². The largest absolute Gasteiger partial charge is 0.384 e. The average molecular weight is 183 g/mol. The van der Waals surface area contributed by atoms with Gasteiger partial charge < -0.3 is 17.2 Å². The number of nitrogens with zero attached hydrogens (tertiary/aromatic N) is 2. The fourth-order valence-electron chi connectivity index (χ4n) is 1.29. The Hall–Kier alpha value is -1.23. The van der Waals surface area contributed by atoms with E-state index in [9.17, 15) is 0 Å². The molecule has 0 aliphatic rings. The minimum atomic E-state index is 0.230. The van der Waals surface area contributed by atoms with Crippen molar-refractivity contribution in [3.63, 3.8) is 0 Å². The molecule has 1 aromatic heterocycles. The van der Waals surface area contributed by atoms with Crippen LogP contribution in [0.15, 0.2) is 0 Å². The van der Waals surface area contributed by atoms with Crippen molar-refractivity contribution in [2.75, 3.05) is 18.0 Å². The molecule has 0 amide bonds. The first-order chi connectivity index (χ1) is 6.07. The molecule has 0 bridgehead atoms. The van der Waals surface area contributed by atoms with E-state index < -0.39 is 0 Å². The molecular formula is C8H17N5. The first-order valence-electron chi connectivity index (χ1n) is 4.40. The lowest BCUT2D eigenvalue weighted by Gasteiger charge is -2.07. The van der Waals surface area contributed by atoms with E-state index >= 15 is 0 Å². The van der Waals surface area contributed by atoms with E-state index in [1.54, 1.807) is 4.68 Å². The van der Waals surface area contributed by atoms with Crippen LogP contribution >= 0.6 is 0 Å². The van der Waals surface area contributed by atoms with Gasteiger partial charge in [-0.15, -0.1) is 0 Å². The van der Waals surface area contributed by atoms with Gasteiger partial charge in [-0.3, -0.25) is 0 Å². The summed E-state index contributed by atoms with van der Waals surface area (Å²) in [5.74, 6) is 1.13. The summed E-state index contributed by atoms with van der Waals surface area (Å²) < 4.78 is 1.72. The maximum atomic E-state index is 5.86. The third-order valence-corrected chi connectivity index (χ3v) is 1.96. The average Bonchev–Trinajstić information content (AvgIpc) is 2.32. The van der Waals surface area contributed by atoms with Crippen LogP contribution in [0.3, 0.4) is 0 Å². The smallest absolute Gasteiger partial charge is 0.150 e. The molecule has 0 unspecified atom stereocenters. The highest BCUT2D eigenvalue weighted by molar-refractivity contribution is 5.54. The minimum absolute atomic E-state index is 0.230. The molecular weight excluding hydrogens is 166 g/mol. The summed E-state index contributed by atoms with van der Waals surface area (Å²) >= 11 is 0. The summed E-state index contributed by atoms with van der Waals surface area (Å²) in [5, 5.41) is 4.14. The summed E-state index contributed by atoms with van der Waals surface area (Å²) in [5.41, 5.74) is 17.9. The lowest BCUT2D eigenvalue weighted by Crippen LogP contribution is -2.09. The second-order valence-electron chi connectivity index (χ2n) is 3.33. The highest BCUT2D eigenvalue weighted by atomic mass is 15.3. The first kappa shape index (κ1) is 9.85. The number of hydrogen-bond donors (Lipinski definition) is 3. The minimum Gasteiger partial charge on any atom is -0.384 e. The van der Waals surface area contributed by atoms with Crippen LogP contribution < -0.4 is 17.2 Å². The Labute approximate surface area is 77.9 Å². The maximum Gasteiger partial charge on any atom is 0.150 e. The van der Waals surface area contributed by atoms with Gasteiger partial charge in [0.25, 0.3) is 0 Å². The number of nitrogen functional groups attached to an aromatic ring is 2. The summed E-state index contributed by atoms with van der Waals surface area (Å²) in [7, 11) is 0. The zero-order valence-corrected chi connectivity index (χ0v) is 8.12. The molecule has 1 heterocycles. The van der Waals surface area contributed by atoms with E-state index in [1.807, 2.05) is 13.8 Å². The maximum absolute atomic E-state index is 5.86. The predicted molar refractivity (Wildman–Crippen MR) is 54.2 cm³/mol. The number of nitrogens with two attached hydrogens (primary N) is 3. The van der Waals surface area contributed by atoms with Gasteiger partial charge in [0.05, 0.1) is 0 Å². The Morgan fingerprint density at radius 1 is 1.38 bits per heavy atom. The molecule has 0 spiro atoms. The highest BCUT2D eigenvalue weighted by Gasteiger charge is 2.13. The lowest BCUT2D eigenvalue weighted by atomic mass is 10.2. The molecule has 0 saturated carbocycles. The molecule has 5 heteroatoms. The first-order valence-corrected chi connectivity index (χ1v) is 4.40. The van der Waals surface area contributed by atoms with Crippen molar-refractivity contribution in [2.24, 2.45) is 5.73 Å². The Bertz CT molecular complexity index is 289. The van der Waals surface area contributed by atoms with Crippen molar-refractivity contribution in [1.29, 1.82) is 0 Å². The van der Waals surface area contributed by atoms with Gasteiger partial charge in [-0.25, -0.2) is 4.68 Å². The fourth-order valence-corrected chi connectivity index (χ4v) is 1.29. The van der Waals surface area contributed by atoms with Crippen molar-refractivity contribution in [1.82, 2.24) is 9.78 Å². The third-order valence-electron chi connectivity index (χ3n) is 1.96. The van der Waals surface area contributed by atoms with E-state index in [2.05, 4.69) is 5.10 Å². The van der Waals surface area contributed by atoms with Gasteiger partial charge >= 0.3 is 0 Å². The molecule has 0 aliphatic heterocycles. The zero-order valence-electron chi connectivity index (χ0n) is 8.12. The monoisotopic (exact) mass is 183 g/mol. The molecule has 1 aromatic rings. The zero-order chi connectivity index (χ0) is 10.0. The van der Waals surface area contributed by atoms with Gasteiger partial charge in [0.1, 0.15) is 5.82 Å². The van der Waals surface area contributed by atoms with Crippen molar-refractivity contribution in [3.05, 3.63) is 5.56 Å². The SMILES string of the molecule is CC(C)n1nc(N)c(CCN)c1N. The van der Waals surface area contributed by atoms with Gasteiger partial charge in [-0.1, -0.05) is 0 Å². The molecule has 5 nitrogen and oxygen atoms in total. The van der Waals surface area contributed by atoms with Gasteiger partial charge in [0.2, 0.25) is 0 Å². The highest BCUT2D eigenvalue weighted by Crippen LogP contribution is 2.22. The van der Waals surface area contributed by atoms with Gasteiger partial charge in [-0.2, -0.15) is 5.10 Å². The van der Waals surface area contributed by atoms with Crippen molar-refractivity contribution < 1.29 is 0 Å². The summed E-state index contributed by atoms with van der Waals surface area (Å²) in [4.78, 5) is 0. The molecule has 74 valence electrons. The number of rotatable bonds is 3. The Balaban J connectivity index is 3.07. The predicted octanol–water partition coefficient (Wildman–Crippen LogP) is 0.130. The van der Waals surface area contributed by atoms with Gasteiger partial charge in [0, 0.05) is 11.6 Å². The normalized spacial score (nSPS) is 11.1. The molecule has 0 fully saturated rings. The van der Waals surface area contributed by atoms with Crippen LogP contribution in [0.25, 0.3) is 0 Å². The topological polar surface area (TPSA) is 95.9 Å². The Morgan fingerprint density at radius 2 is 2.00 bits per heavy atom. The molecule has 0 aliphatic carbocycles. The van der Waals surface area contributed by atoms with Crippen molar-refractivity contribution in [3.8, 4) is 0 Å². The van der Waals surface area contributed by atoms with Gasteiger partial charge in [-0.05, 0) is 26.8 Å². The Morgan fingerprint density at radius 3 is 2.38 bits per heavy atom. The molecule has 0 atom stereocenters. The van der Waals surface area contributed by atoms with E-state index in [-0.39, 0.29) is 6.04 Å². The van der Waals surface area contributed by atoms with E-state index in [0.29, 0.717) is 24.6 Å². The lowest BCUT2D eigenvalue weighted by molar-refractivity contribution is 0.542. The van der Waals surface area contributed by atoms with Crippen molar-refractivity contribution in [2.45, 2.75) is 26.3 Å². The standard InChI is InChI=1S/C8H17N5/c1-5(2)13-8(11)6(3-4-9)7(10)12-13/h5H,3-4,9,11H2,1-2H3,(H2,10,12). The molecule has 0 aromatic carbocycles. The number of anilines is 2. The Kier molecular flexibility index (Phi) is 2.77. The van der Waals surface area contributed by atoms with Crippen LogP contribution in [0.1, 0.15) is 25.5 Å². The van der Waals surface area contributed by atoms with Gasteiger partial charge in [0.15, 0.2) is 5.82 Å². The summed E-state index contributed by atoms with van der Waals surface area (Å²) in [6, 6.07) is 0.230. The van der Waals surface area contributed by atoms with E-state index in [4.69, 9.17) is 17.2 Å². The number of aromatic nitrogens is 2. The van der Waals surface area contributed by atoms with Crippen LogP contribution in [-0.2, 0) is 6.42 Å². The number of hydrogen-bond acceptors (Lipinski definition) is 4. The third kappa shape index (κ3) is 1.75. The van der Waals surface area contributed by atoms with Crippen LogP contribution in [0.4, 0.5) is 11.6 Å². The van der Waals surface area contributed by atoms with Crippen molar-refractivity contribution >= 4 is 11.6 Å². The van der Waals surface area contributed by atoms with Crippen LogP contribution in [0, 0.1) is 0 Å². The van der Waals surface area contributed by atoms with E-state index in [1.165, 1.54) is 0 Å². The molecule has 1 rings (SSSR count). The molecule has 13 heavy (non-hydrogen) atoms. The molecule has 6 N–H and O–H groups in total. The van der Waals surface area contributed by atoms with E-state index in [0.717, 1.165) is 5.56 Å². The second kappa shape index (κ2) is 3.66. The second-order valence-corrected chi connectivity index (χ2v) is 3.33. The quantitative estimate of drug-likeness (QED) is 0.620. The molecule has 0 radical (unpaired) electrons. The fraction of sp³-hybridized carbons (Fsp3) is 0.625. The summed E-state index contributed by atoms with van der Waals surface area (Å²) in [6.45, 7) is 4.56. The van der Waals surface area contributed by atoms with Crippen LogP contribution in [0.5, 0.6) is 0 Å². The molecule has 0 saturated heterocycles.